The lowest BCUT2D eigenvalue weighted by atomic mass is 10.1. The lowest BCUT2D eigenvalue weighted by Crippen LogP contribution is -2.16. The zero-order valence-electron chi connectivity index (χ0n) is 9.01. The molecule has 0 atom stereocenters. The van der Waals surface area contributed by atoms with E-state index in [1.54, 1.807) is 18.2 Å². The summed E-state index contributed by atoms with van der Waals surface area (Å²) in [6.07, 6.45) is 0.848. The largest absolute Gasteiger partial charge is 0.486 e. The van der Waals surface area contributed by atoms with Crippen molar-refractivity contribution in [2.45, 2.75) is 6.42 Å². The molecule has 1 aliphatic rings. The number of ketones is 1. The van der Waals surface area contributed by atoms with Crippen LogP contribution in [0.4, 0.5) is 0 Å². The van der Waals surface area contributed by atoms with E-state index >= 15 is 0 Å². The Balaban J connectivity index is 2.11. The molecule has 5 heteroatoms. The van der Waals surface area contributed by atoms with Gasteiger partial charge in [-0.1, -0.05) is 0 Å². The van der Waals surface area contributed by atoms with Crippen molar-refractivity contribution in [3.05, 3.63) is 30.2 Å². The van der Waals surface area contributed by atoms with Crippen LogP contribution in [0.5, 0.6) is 11.5 Å². The van der Waals surface area contributed by atoms with Crippen molar-refractivity contribution in [1.82, 2.24) is 0 Å². The van der Waals surface area contributed by atoms with Crippen LogP contribution in [0.3, 0.4) is 0 Å². The highest BCUT2D eigenvalue weighted by molar-refractivity contribution is 6.04. The van der Waals surface area contributed by atoms with E-state index in [9.17, 15) is 9.59 Å². The van der Waals surface area contributed by atoms with Crippen molar-refractivity contribution in [2.75, 3.05) is 13.2 Å². The maximum absolute atomic E-state index is 11.6. The van der Waals surface area contributed by atoms with Gasteiger partial charge in [0.2, 0.25) is 0 Å². The number of ether oxygens (including phenoxy) is 2. The van der Waals surface area contributed by atoms with Gasteiger partial charge in [-0.3, -0.25) is 9.59 Å². The number of rotatable bonds is 4. The van der Waals surface area contributed by atoms with Crippen molar-refractivity contribution in [3.8, 4) is 11.5 Å². The second-order valence-corrected chi connectivity index (χ2v) is 3.52. The van der Waals surface area contributed by atoms with Gasteiger partial charge in [0.1, 0.15) is 13.2 Å². The number of Topliss-reactive ketones (excluding diaryl/α,β-unsaturated/α-hetero) is 1. The van der Waals surface area contributed by atoms with Crippen molar-refractivity contribution < 1.29 is 24.2 Å². The molecule has 1 heterocycles. The quantitative estimate of drug-likeness (QED) is 0.797. The van der Waals surface area contributed by atoms with Crippen LogP contribution < -0.4 is 9.47 Å². The first-order valence-electron chi connectivity index (χ1n) is 5.16. The molecule has 1 N–H and O–H groups in total. The third kappa shape index (κ3) is 2.75. The number of hydrogen-bond donors (Lipinski definition) is 1. The number of carboxylic acids is 1. The molecule has 0 fully saturated rings. The summed E-state index contributed by atoms with van der Waals surface area (Å²) < 4.78 is 10.6. The SMILES string of the molecule is O=C(O)C[CH]C(=O)c1ccc2c(c1)OCCO2. The van der Waals surface area contributed by atoms with Gasteiger partial charge >= 0.3 is 5.97 Å². The van der Waals surface area contributed by atoms with Gasteiger partial charge in [-0.2, -0.15) is 0 Å². The second kappa shape index (κ2) is 4.86. The molecular weight excluding hydrogens is 224 g/mol. The first-order chi connectivity index (χ1) is 8.16. The number of fused-ring (bicyclic) bond motifs is 1. The van der Waals surface area contributed by atoms with Crippen LogP contribution >= 0.6 is 0 Å². The third-order valence-corrected chi connectivity index (χ3v) is 2.29. The van der Waals surface area contributed by atoms with Gasteiger partial charge in [0.15, 0.2) is 17.3 Å². The normalized spacial score (nSPS) is 13.2. The number of aliphatic carboxylic acids is 1. The molecule has 0 saturated heterocycles. The van der Waals surface area contributed by atoms with E-state index < -0.39 is 5.97 Å². The number of hydrogen-bond acceptors (Lipinski definition) is 4. The molecule has 0 bridgehead atoms. The van der Waals surface area contributed by atoms with E-state index in [2.05, 4.69) is 0 Å². The van der Waals surface area contributed by atoms with Gasteiger partial charge < -0.3 is 14.6 Å². The fraction of sp³-hybridized carbons (Fsp3) is 0.250. The van der Waals surface area contributed by atoms with Crippen LogP contribution in [0.2, 0.25) is 0 Å². The Kier molecular flexibility index (Phi) is 3.27. The molecule has 1 aromatic carbocycles. The standard InChI is InChI=1S/C12H11O5/c13-9(2-4-12(14)15)8-1-3-10-11(7-8)17-6-5-16-10/h1-3,7H,4-6H2,(H,14,15). The fourth-order valence-corrected chi connectivity index (χ4v) is 1.49. The molecule has 89 valence electrons. The molecule has 1 aromatic rings. The first kappa shape index (κ1) is 11.4. The molecule has 17 heavy (non-hydrogen) atoms. The highest BCUT2D eigenvalue weighted by atomic mass is 16.6. The van der Waals surface area contributed by atoms with E-state index in [0.29, 0.717) is 30.3 Å². The first-order valence-corrected chi connectivity index (χ1v) is 5.16. The van der Waals surface area contributed by atoms with Crippen molar-refractivity contribution in [1.29, 1.82) is 0 Å². The van der Waals surface area contributed by atoms with Crippen molar-refractivity contribution >= 4 is 11.8 Å². The molecule has 1 radical (unpaired) electrons. The molecule has 0 saturated carbocycles. The van der Waals surface area contributed by atoms with Crippen LogP contribution in [0, 0.1) is 6.42 Å². The van der Waals surface area contributed by atoms with Crippen LogP contribution in [0.15, 0.2) is 18.2 Å². The lowest BCUT2D eigenvalue weighted by Gasteiger charge is -2.18. The fourth-order valence-electron chi connectivity index (χ4n) is 1.49. The summed E-state index contributed by atoms with van der Waals surface area (Å²) in [6, 6.07) is 4.81. The van der Waals surface area contributed by atoms with Gasteiger partial charge in [0.05, 0.1) is 6.42 Å². The van der Waals surface area contributed by atoms with Gasteiger partial charge in [0.25, 0.3) is 0 Å². The van der Waals surface area contributed by atoms with Gasteiger partial charge in [-0.25, -0.2) is 0 Å². The van der Waals surface area contributed by atoms with Gasteiger partial charge in [-0.05, 0) is 18.2 Å². The van der Waals surface area contributed by atoms with E-state index in [1.165, 1.54) is 0 Å². The second-order valence-electron chi connectivity index (χ2n) is 3.52. The summed E-state index contributed by atoms with van der Waals surface area (Å²) in [6.45, 7) is 0.939. The van der Waals surface area contributed by atoms with E-state index in [-0.39, 0.29) is 12.2 Å². The van der Waals surface area contributed by atoms with Gasteiger partial charge in [-0.15, -0.1) is 0 Å². The Bertz CT molecular complexity index is 452. The van der Waals surface area contributed by atoms with Crippen molar-refractivity contribution in [2.24, 2.45) is 0 Å². The van der Waals surface area contributed by atoms with Gasteiger partial charge in [0, 0.05) is 12.0 Å². The van der Waals surface area contributed by atoms with Crippen LogP contribution in [0.1, 0.15) is 16.8 Å². The monoisotopic (exact) mass is 235 g/mol. The minimum atomic E-state index is -1.03. The molecule has 1 aliphatic heterocycles. The number of benzene rings is 1. The summed E-state index contributed by atoms with van der Waals surface area (Å²) in [7, 11) is 0. The maximum atomic E-state index is 11.6. The zero-order chi connectivity index (χ0) is 12.3. The smallest absolute Gasteiger partial charge is 0.304 e. The zero-order valence-corrected chi connectivity index (χ0v) is 9.01. The van der Waals surface area contributed by atoms with Crippen LogP contribution in [0.25, 0.3) is 0 Å². The Hall–Kier alpha value is -2.04. The minimum Gasteiger partial charge on any atom is -0.486 e. The summed E-state index contributed by atoms with van der Waals surface area (Å²) in [4.78, 5) is 22.0. The summed E-state index contributed by atoms with van der Waals surface area (Å²) >= 11 is 0. The molecular formula is C12H11O5. The van der Waals surface area contributed by atoms with Crippen LogP contribution in [-0.2, 0) is 4.79 Å². The lowest BCUT2D eigenvalue weighted by molar-refractivity contribution is -0.136. The minimum absolute atomic E-state index is 0.284. The molecule has 0 aromatic heterocycles. The predicted molar refractivity (Wildman–Crippen MR) is 58.3 cm³/mol. The average molecular weight is 235 g/mol. The summed E-state index contributed by atoms with van der Waals surface area (Å²) in [5.41, 5.74) is 0.399. The topological polar surface area (TPSA) is 72.8 Å². The molecule has 0 aliphatic carbocycles. The Morgan fingerprint density at radius 1 is 1.24 bits per heavy atom. The molecule has 5 nitrogen and oxygen atoms in total. The summed E-state index contributed by atoms with van der Waals surface area (Å²) in [5.74, 6) is -0.239. The Morgan fingerprint density at radius 3 is 2.65 bits per heavy atom. The third-order valence-electron chi connectivity index (χ3n) is 2.29. The molecule has 2 rings (SSSR count). The average Bonchev–Trinajstić information content (AvgIpc) is 2.35. The van der Waals surface area contributed by atoms with Crippen molar-refractivity contribution in [3.63, 3.8) is 0 Å². The molecule has 0 amide bonds. The number of carboxylic acid groups (broad SMARTS) is 1. The Morgan fingerprint density at radius 2 is 1.94 bits per heavy atom. The highest BCUT2D eigenvalue weighted by Gasteiger charge is 2.15. The molecule has 0 spiro atoms. The summed E-state index contributed by atoms with van der Waals surface area (Å²) in [5, 5.41) is 8.47. The molecule has 0 unspecified atom stereocenters. The Labute approximate surface area is 98.0 Å². The number of carbonyl (C=O) groups excluding carboxylic acids is 1. The van der Waals surface area contributed by atoms with E-state index in [0.717, 1.165) is 6.42 Å². The maximum Gasteiger partial charge on any atom is 0.304 e. The number of carbonyl (C=O) groups is 2. The van der Waals surface area contributed by atoms with E-state index in [1.807, 2.05) is 0 Å². The van der Waals surface area contributed by atoms with Crippen LogP contribution in [-0.4, -0.2) is 30.1 Å². The predicted octanol–water partition coefficient (Wildman–Crippen LogP) is 1.32. The van der Waals surface area contributed by atoms with E-state index in [4.69, 9.17) is 14.6 Å². The highest BCUT2D eigenvalue weighted by Crippen LogP contribution is 2.31.